The third-order valence-electron chi connectivity index (χ3n) is 3.17. The van der Waals surface area contributed by atoms with Crippen LogP contribution in [0.25, 0.3) is 0 Å². The van der Waals surface area contributed by atoms with Crippen molar-refractivity contribution >= 4 is 11.6 Å². The van der Waals surface area contributed by atoms with E-state index in [-0.39, 0.29) is 18.6 Å². The molecule has 1 unspecified atom stereocenters. The maximum Gasteiger partial charge on any atom is 0.256 e. The summed E-state index contributed by atoms with van der Waals surface area (Å²) in [6.07, 6.45) is -0.242. The molecule has 22 heavy (non-hydrogen) atoms. The minimum absolute atomic E-state index is 0.198. The van der Waals surface area contributed by atoms with Crippen LogP contribution in [0.1, 0.15) is 42.0 Å². The van der Waals surface area contributed by atoms with E-state index in [1.54, 1.807) is 31.3 Å². The van der Waals surface area contributed by atoms with Gasteiger partial charge in [-0.3, -0.25) is 4.79 Å². The first kappa shape index (κ1) is 16.0. The molecule has 118 valence electrons. The van der Waals surface area contributed by atoms with Gasteiger partial charge in [0.05, 0.1) is 12.1 Å². The Bertz CT molecular complexity index is 641. The van der Waals surface area contributed by atoms with Gasteiger partial charge < -0.3 is 19.9 Å². The van der Waals surface area contributed by atoms with E-state index >= 15 is 0 Å². The zero-order valence-electron chi connectivity index (χ0n) is 12.9. The lowest BCUT2D eigenvalue weighted by molar-refractivity contribution is 0.0682. The first-order valence-corrected chi connectivity index (χ1v) is 7.07. The lowest BCUT2D eigenvalue weighted by Crippen LogP contribution is -2.27. The highest BCUT2D eigenvalue weighted by Crippen LogP contribution is 2.16. The molecule has 0 aliphatic rings. The normalized spacial score (nSPS) is 12.1. The van der Waals surface area contributed by atoms with Crippen LogP contribution in [0.5, 0.6) is 0 Å². The molecular formula is C15H20N4O3. The van der Waals surface area contributed by atoms with Gasteiger partial charge in [0.1, 0.15) is 6.10 Å². The van der Waals surface area contributed by atoms with Crippen molar-refractivity contribution in [2.24, 2.45) is 0 Å². The molecule has 2 N–H and O–H groups in total. The van der Waals surface area contributed by atoms with Crippen molar-refractivity contribution in [2.45, 2.75) is 26.5 Å². The zero-order chi connectivity index (χ0) is 16.1. The SMILES string of the molecule is CCOC(C)c1noc(CN(C)C(=O)c2ccccc2N)n1. The van der Waals surface area contributed by atoms with Gasteiger partial charge in [-0.05, 0) is 26.0 Å². The number of hydrogen-bond acceptors (Lipinski definition) is 6. The Morgan fingerprint density at radius 3 is 2.86 bits per heavy atom. The van der Waals surface area contributed by atoms with E-state index in [0.29, 0.717) is 29.6 Å². The number of rotatable bonds is 6. The molecule has 0 fully saturated rings. The summed E-state index contributed by atoms with van der Waals surface area (Å²) in [5, 5.41) is 3.86. The summed E-state index contributed by atoms with van der Waals surface area (Å²) in [5.74, 6) is 0.625. The molecule has 0 bridgehead atoms. The Labute approximate surface area is 129 Å². The van der Waals surface area contributed by atoms with Crippen LogP contribution in [0, 0.1) is 0 Å². The fraction of sp³-hybridized carbons (Fsp3) is 0.400. The molecule has 1 atom stereocenters. The number of nitrogen functional groups attached to an aromatic ring is 1. The van der Waals surface area contributed by atoms with E-state index in [9.17, 15) is 4.79 Å². The molecule has 1 aromatic carbocycles. The summed E-state index contributed by atoms with van der Waals surface area (Å²) in [6.45, 7) is 4.52. The maximum atomic E-state index is 12.3. The summed E-state index contributed by atoms with van der Waals surface area (Å²) < 4.78 is 10.5. The third-order valence-corrected chi connectivity index (χ3v) is 3.17. The number of carbonyl (C=O) groups is 1. The first-order chi connectivity index (χ1) is 10.5. The van der Waals surface area contributed by atoms with Crippen molar-refractivity contribution < 1.29 is 14.1 Å². The number of carbonyl (C=O) groups excluding carboxylic acids is 1. The molecule has 0 saturated carbocycles. The van der Waals surface area contributed by atoms with Crippen LogP contribution in [0.3, 0.4) is 0 Å². The largest absolute Gasteiger partial charge is 0.398 e. The van der Waals surface area contributed by atoms with Crippen molar-refractivity contribution in [1.82, 2.24) is 15.0 Å². The number of aromatic nitrogens is 2. The van der Waals surface area contributed by atoms with Gasteiger partial charge in [-0.25, -0.2) is 0 Å². The Morgan fingerprint density at radius 1 is 1.45 bits per heavy atom. The number of anilines is 1. The van der Waals surface area contributed by atoms with E-state index in [1.165, 1.54) is 4.90 Å². The molecule has 1 amide bonds. The molecule has 1 aromatic heterocycles. The monoisotopic (exact) mass is 304 g/mol. The molecule has 0 aliphatic heterocycles. The standard InChI is InChI=1S/C15H20N4O3/c1-4-21-10(2)14-17-13(22-18-14)9-19(3)15(20)11-7-5-6-8-12(11)16/h5-8,10H,4,9,16H2,1-3H3. The number of ether oxygens (including phenoxy) is 1. The average Bonchev–Trinajstić information content (AvgIpc) is 2.96. The summed E-state index contributed by atoms with van der Waals surface area (Å²) in [5.41, 5.74) is 6.71. The first-order valence-electron chi connectivity index (χ1n) is 7.07. The fourth-order valence-corrected chi connectivity index (χ4v) is 1.99. The Morgan fingerprint density at radius 2 is 2.18 bits per heavy atom. The number of para-hydroxylation sites is 1. The fourth-order valence-electron chi connectivity index (χ4n) is 1.99. The van der Waals surface area contributed by atoms with Crippen LogP contribution >= 0.6 is 0 Å². The van der Waals surface area contributed by atoms with Gasteiger partial charge in [0.15, 0.2) is 5.82 Å². The highest BCUT2D eigenvalue weighted by molar-refractivity contribution is 5.98. The second kappa shape index (κ2) is 7.04. The second-order valence-electron chi connectivity index (χ2n) is 4.89. The van der Waals surface area contributed by atoms with Crippen LogP contribution in [-0.4, -0.2) is 34.6 Å². The number of benzene rings is 1. The summed E-state index contributed by atoms with van der Waals surface area (Å²) in [6, 6.07) is 6.93. The van der Waals surface area contributed by atoms with Gasteiger partial charge in [0, 0.05) is 19.3 Å². The second-order valence-corrected chi connectivity index (χ2v) is 4.89. The predicted molar refractivity (Wildman–Crippen MR) is 81.0 cm³/mol. The summed E-state index contributed by atoms with van der Waals surface area (Å²) in [4.78, 5) is 18.1. The lowest BCUT2D eigenvalue weighted by Gasteiger charge is -2.15. The van der Waals surface area contributed by atoms with Crippen molar-refractivity contribution in [3.63, 3.8) is 0 Å². The molecule has 0 aliphatic carbocycles. The molecular weight excluding hydrogens is 284 g/mol. The van der Waals surface area contributed by atoms with Crippen LogP contribution in [0.2, 0.25) is 0 Å². The molecule has 0 radical (unpaired) electrons. The summed E-state index contributed by atoms with van der Waals surface area (Å²) in [7, 11) is 1.66. The highest BCUT2D eigenvalue weighted by atomic mass is 16.5. The molecule has 0 saturated heterocycles. The van der Waals surface area contributed by atoms with Gasteiger partial charge in [-0.15, -0.1) is 0 Å². The minimum atomic E-state index is -0.242. The smallest absolute Gasteiger partial charge is 0.256 e. The Balaban J connectivity index is 2.04. The zero-order valence-corrected chi connectivity index (χ0v) is 12.9. The number of nitrogens with zero attached hydrogens (tertiary/aromatic N) is 3. The highest BCUT2D eigenvalue weighted by Gasteiger charge is 2.19. The lowest BCUT2D eigenvalue weighted by atomic mass is 10.1. The Hall–Kier alpha value is -2.41. The van der Waals surface area contributed by atoms with Gasteiger partial charge in [-0.2, -0.15) is 4.98 Å². The van der Waals surface area contributed by atoms with Crippen molar-refractivity contribution in [1.29, 1.82) is 0 Å². The number of hydrogen-bond donors (Lipinski definition) is 1. The molecule has 7 heteroatoms. The topological polar surface area (TPSA) is 94.5 Å². The van der Waals surface area contributed by atoms with E-state index in [2.05, 4.69) is 10.1 Å². The molecule has 2 rings (SSSR count). The van der Waals surface area contributed by atoms with Crippen LogP contribution < -0.4 is 5.73 Å². The minimum Gasteiger partial charge on any atom is -0.398 e. The molecule has 1 heterocycles. The molecule has 7 nitrogen and oxygen atoms in total. The predicted octanol–water partition coefficient (Wildman–Crippen LogP) is 2.02. The van der Waals surface area contributed by atoms with Crippen molar-refractivity contribution in [3.05, 3.63) is 41.5 Å². The van der Waals surface area contributed by atoms with E-state index in [1.807, 2.05) is 13.8 Å². The van der Waals surface area contributed by atoms with Crippen molar-refractivity contribution in [2.75, 3.05) is 19.4 Å². The van der Waals surface area contributed by atoms with E-state index < -0.39 is 0 Å². The maximum absolute atomic E-state index is 12.3. The summed E-state index contributed by atoms with van der Waals surface area (Å²) >= 11 is 0. The number of amides is 1. The van der Waals surface area contributed by atoms with Gasteiger partial charge in [0.25, 0.3) is 5.91 Å². The van der Waals surface area contributed by atoms with E-state index in [4.69, 9.17) is 15.0 Å². The van der Waals surface area contributed by atoms with Crippen LogP contribution in [0.15, 0.2) is 28.8 Å². The van der Waals surface area contributed by atoms with Crippen LogP contribution in [-0.2, 0) is 11.3 Å². The van der Waals surface area contributed by atoms with Gasteiger partial charge in [0.2, 0.25) is 5.89 Å². The van der Waals surface area contributed by atoms with Crippen LogP contribution in [0.4, 0.5) is 5.69 Å². The number of nitrogens with two attached hydrogens (primary N) is 1. The van der Waals surface area contributed by atoms with E-state index in [0.717, 1.165) is 0 Å². The van der Waals surface area contributed by atoms with Gasteiger partial charge >= 0.3 is 0 Å². The quantitative estimate of drug-likeness (QED) is 0.820. The molecule has 2 aromatic rings. The van der Waals surface area contributed by atoms with Gasteiger partial charge in [-0.1, -0.05) is 17.3 Å². The average molecular weight is 304 g/mol. The third kappa shape index (κ3) is 3.62. The molecule has 0 spiro atoms. The Kier molecular flexibility index (Phi) is 5.11. The van der Waals surface area contributed by atoms with Crippen molar-refractivity contribution in [3.8, 4) is 0 Å².